The fraction of sp³-hybridized carbons (Fsp3) is 0.733. The predicted octanol–water partition coefficient (Wildman–Crippen LogP) is 2.23. The van der Waals surface area contributed by atoms with Crippen LogP contribution in [0.3, 0.4) is 0 Å². The van der Waals surface area contributed by atoms with Gasteiger partial charge in [-0.05, 0) is 26.7 Å². The van der Waals surface area contributed by atoms with E-state index >= 15 is 0 Å². The van der Waals surface area contributed by atoms with Gasteiger partial charge in [0.1, 0.15) is 0 Å². The zero-order chi connectivity index (χ0) is 14.5. The van der Waals surface area contributed by atoms with Crippen LogP contribution in [-0.2, 0) is 0 Å². The Hall–Kier alpha value is -1.36. The maximum absolute atomic E-state index is 5.65. The van der Waals surface area contributed by atoms with Crippen molar-refractivity contribution in [2.24, 2.45) is 0 Å². The van der Waals surface area contributed by atoms with Gasteiger partial charge in [0.15, 0.2) is 0 Å². The number of nitrogens with zero attached hydrogens (tertiary/aromatic N) is 3. The van der Waals surface area contributed by atoms with E-state index in [1.807, 2.05) is 19.9 Å². The first-order valence-electron chi connectivity index (χ1n) is 7.56. The second kappa shape index (κ2) is 6.88. The van der Waals surface area contributed by atoms with Crippen molar-refractivity contribution in [3.8, 4) is 5.88 Å². The highest BCUT2D eigenvalue weighted by molar-refractivity contribution is 5.35. The van der Waals surface area contributed by atoms with Gasteiger partial charge in [-0.25, -0.2) is 4.98 Å². The van der Waals surface area contributed by atoms with E-state index in [0.29, 0.717) is 18.0 Å². The second-order valence-electron chi connectivity index (χ2n) is 5.91. The first-order chi connectivity index (χ1) is 9.56. The molecule has 0 aliphatic carbocycles. The van der Waals surface area contributed by atoms with Crippen LogP contribution in [0.1, 0.15) is 40.5 Å². The van der Waals surface area contributed by atoms with Gasteiger partial charge in [0.05, 0.1) is 6.10 Å². The zero-order valence-corrected chi connectivity index (χ0v) is 13.0. The first-order valence-corrected chi connectivity index (χ1v) is 7.56. The molecule has 0 saturated carbocycles. The Morgan fingerprint density at radius 3 is 2.90 bits per heavy atom. The maximum atomic E-state index is 5.65. The van der Waals surface area contributed by atoms with Gasteiger partial charge in [0.2, 0.25) is 11.8 Å². The molecule has 5 nitrogen and oxygen atoms in total. The Morgan fingerprint density at radius 2 is 2.20 bits per heavy atom. The Kier molecular flexibility index (Phi) is 5.17. The quantitative estimate of drug-likeness (QED) is 0.865. The molecular formula is C15H26N4O. The minimum absolute atomic E-state index is 0.134. The number of nitrogens with one attached hydrogen (secondary N) is 1. The monoisotopic (exact) mass is 278 g/mol. The van der Waals surface area contributed by atoms with Crippen molar-refractivity contribution < 1.29 is 4.74 Å². The third-order valence-corrected chi connectivity index (χ3v) is 3.37. The van der Waals surface area contributed by atoms with E-state index in [1.54, 1.807) is 6.20 Å². The standard InChI is InChI=1S/C15H26N4O/c1-11(2)17-10-13-6-5-9-19(13)15-16-8-7-14(18-15)20-12(3)4/h7-8,11-13,17H,5-6,9-10H2,1-4H3. The van der Waals surface area contributed by atoms with E-state index < -0.39 is 0 Å². The molecule has 1 saturated heterocycles. The highest BCUT2D eigenvalue weighted by Crippen LogP contribution is 2.23. The fourth-order valence-electron chi connectivity index (χ4n) is 2.46. The summed E-state index contributed by atoms with van der Waals surface area (Å²) in [5.74, 6) is 1.45. The molecule has 1 atom stereocenters. The van der Waals surface area contributed by atoms with Gasteiger partial charge in [-0.2, -0.15) is 4.98 Å². The molecule has 1 unspecified atom stereocenters. The molecule has 1 aliphatic rings. The predicted molar refractivity (Wildman–Crippen MR) is 81.3 cm³/mol. The third kappa shape index (κ3) is 4.07. The molecule has 2 heterocycles. The van der Waals surface area contributed by atoms with Crippen molar-refractivity contribution >= 4 is 5.95 Å². The van der Waals surface area contributed by atoms with Gasteiger partial charge in [-0.15, -0.1) is 0 Å². The normalized spacial score (nSPS) is 19.1. The number of aromatic nitrogens is 2. The minimum Gasteiger partial charge on any atom is -0.475 e. The Morgan fingerprint density at radius 1 is 1.40 bits per heavy atom. The zero-order valence-electron chi connectivity index (χ0n) is 13.0. The lowest BCUT2D eigenvalue weighted by molar-refractivity contribution is 0.232. The largest absolute Gasteiger partial charge is 0.475 e. The molecule has 5 heteroatoms. The summed E-state index contributed by atoms with van der Waals surface area (Å²) in [4.78, 5) is 11.2. The van der Waals surface area contributed by atoms with Crippen LogP contribution in [0.25, 0.3) is 0 Å². The Bertz CT molecular complexity index is 422. The van der Waals surface area contributed by atoms with Gasteiger partial charge in [-0.1, -0.05) is 13.8 Å². The van der Waals surface area contributed by atoms with Crippen molar-refractivity contribution in [2.45, 2.75) is 58.7 Å². The molecule has 1 aliphatic heterocycles. The average molecular weight is 278 g/mol. The van der Waals surface area contributed by atoms with Crippen molar-refractivity contribution in [3.05, 3.63) is 12.3 Å². The lowest BCUT2D eigenvalue weighted by Crippen LogP contribution is -2.41. The summed E-state index contributed by atoms with van der Waals surface area (Å²) in [6.07, 6.45) is 4.31. The molecule has 0 aromatic carbocycles. The highest BCUT2D eigenvalue weighted by Gasteiger charge is 2.26. The van der Waals surface area contributed by atoms with E-state index in [-0.39, 0.29) is 6.10 Å². The van der Waals surface area contributed by atoms with Crippen LogP contribution in [0.4, 0.5) is 5.95 Å². The SMILES string of the molecule is CC(C)NCC1CCCN1c1nccc(OC(C)C)n1. The van der Waals surface area contributed by atoms with Crippen LogP contribution >= 0.6 is 0 Å². The van der Waals surface area contributed by atoms with E-state index in [1.165, 1.54) is 12.8 Å². The van der Waals surface area contributed by atoms with Crippen LogP contribution in [0, 0.1) is 0 Å². The number of hydrogen-bond donors (Lipinski definition) is 1. The Balaban J connectivity index is 2.05. The number of rotatable bonds is 6. The second-order valence-corrected chi connectivity index (χ2v) is 5.91. The van der Waals surface area contributed by atoms with Crippen molar-refractivity contribution in [3.63, 3.8) is 0 Å². The average Bonchev–Trinajstić information content (AvgIpc) is 2.84. The van der Waals surface area contributed by atoms with Gasteiger partial charge in [0, 0.05) is 37.4 Å². The van der Waals surface area contributed by atoms with E-state index in [4.69, 9.17) is 4.74 Å². The number of anilines is 1. The van der Waals surface area contributed by atoms with Gasteiger partial charge in [-0.3, -0.25) is 0 Å². The van der Waals surface area contributed by atoms with Crippen molar-refractivity contribution in [1.82, 2.24) is 15.3 Å². The van der Waals surface area contributed by atoms with E-state index in [2.05, 4.69) is 34.0 Å². The van der Waals surface area contributed by atoms with Crippen LogP contribution < -0.4 is 15.0 Å². The summed E-state index contributed by atoms with van der Waals surface area (Å²) in [6.45, 7) is 10.4. The summed E-state index contributed by atoms with van der Waals surface area (Å²) >= 11 is 0. The van der Waals surface area contributed by atoms with Crippen LogP contribution in [-0.4, -0.2) is 41.2 Å². The number of hydrogen-bond acceptors (Lipinski definition) is 5. The topological polar surface area (TPSA) is 50.3 Å². The molecule has 1 aromatic heterocycles. The van der Waals surface area contributed by atoms with E-state index in [0.717, 1.165) is 19.0 Å². The molecular weight excluding hydrogens is 252 g/mol. The molecule has 112 valence electrons. The fourth-order valence-corrected chi connectivity index (χ4v) is 2.46. The molecule has 0 radical (unpaired) electrons. The smallest absolute Gasteiger partial charge is 0.228 e. The molecule has 2 rings (SSSR count). The van der Waals surface area contributed by atoms with E-state index in [9.17, 15) is 0 Å². The third-order valence-electron chi connectivity index (χ3n) is 3.37. The molecule has 1 fully saturated rings. The first kappa shape index (κ1) is 15.0. The van der Waals surface area contributed by atoms with Gasteiger partial charge >= 0.3 is 0 Å². The van der Waals surface area contributed by atoms with Crippen molar-refractivity contribution in [2.75, 3.05) is 18.0 Å². The molecule has 0 bridgehead atoms. The van der Waals surface area contributed by atoms with Gasteiger partial charge < -0.3 is 15.0 Å². The summed E-state index contributed by atoms with van der Waals surface area (Å²) < 4.78 is 5.65. The van der Waals surface area contributed by atoms with Crippen LogP contribution in [0.2, 0.25) is 0 Å². The molecule has 20 heavy (non-hydrogen) atoms. The highest BCUT2D eigenvalue weighted by atomic mass is 16.5. The van der Waals surface area contributed by atoms with Crippen LogP contribution in [0.15, 0.2) is 12.3 Å². The summed E-state index contributed by atoms with van der Waals surface area (Å²) in [7, 11) is 0. The Labute approximate surface area is 121 Å². The molecule has 0 amide bonds. The maximum Gasteiger partial charge on any atom is 0.228 e. The lowest BCUT2D eigenvalue weighted by atomic mass is 10.2. The summed E-state index contributed by atoms with van der Waals surface area (Å²) in [5.41, 5.74) is 0. The summed E-state index contributed by atoms with van der Waals surface area (Å²) in [6, 6.07) is 2.81. The minimum atomic E-state index is 0.134. The molecule has 0 spiro atoms. The van der Waals surface area contributed by atoms with Crippen LogP contribution in [0.5, 0.6) is 5.88 Å². The van der Waals surface area contributed by atoms with Gasteiger partial charge in [0.25, 0.3) is 0 Å². The number of ether oxygens (including phenoxy) is 1. The lowest BCUT2D eigenvalue weighted by Gasteiger charge is -2.26. The molecule has 1 aromatic rings. The van der Waals surface area contributed by atoms with Crippen molar-refractivity contribution in [1.29, 1.82) is 0 Å². The molecule has 1 N–H and O–H groups in total. The summed E-state index contributed by atoms with van der Waals surface area (Å²) in [5, 5.41) is 3.51.